The number of aromatic nitrogens is 3. The number of ether oxygens (including phenoxy) is 1. The van der Waals surface area contributed by atoms with E-state index in [9.17, 15) is 0 Å². The van der Waals surface area contributed by atoms with Crippen molar-refractivity contribution in [2.24, 2.45) is 5.84 Å². The van der Waals surface area contributed by atoms with E-state index in [1.807, 2.05) is 12.1 Å². The van der Waals surface area contributed by atoms with Gasteiger partial charge >= 0.3 is 6.01 Å². The number of halogens is 1. The molecule has 8 heteroatoms. The third-order valence-corrected chi connectivity index (χ3v) is 2.24. The second-order valence-electron chi connectivity index (χ2n) is 3.25. The number of nitrogen functional groups attached to an aromatic ring is 1. The maximum Gasteiger partial charge on any atom is 0.322 e. The lowest BCUT2D eigenvalue weighted by atomic mass is 10.3. The van der Waals surface area contributed by atoms with E-state index >= 15 is 0 Å². The number of rotatable bonds is 4. The molecule has 7 nitrogen and oxygen atoms in total. The number of hydrazine groups is 1. The highest BCUT2D eigenvalue weighted by molar-refractivity contribution is 6.30. The van der Waals surface area contributed by atoms with Crippen molar-refractivity contribution in [3.63, 3.8) is 0 Å². The van der Waals surface area contributed by atoms with E-state index in [0.29, 0.717) is 11.0 Å². The van der Waals surface area contributed by atoms with Crippen molar-refractivity contribution in [2.45, 2.75) is 0 Å². The number of nitrogens with zero attached hydrogens (tertiary/aromatic N) is 3. The summed E-state index contributed by atoms with van der Waals surface area (Å²) in [6.07, 6.45) is 0. The molecule has 1 heterocycles. The zero-order chi connectivity index (χ0) is 13.0. The molecule has 0 aliphatic carbocycles. The molecule has 1 aromatic carbocycles. The zero-order valence-corrected chi connectivity index (χ0v) is 10.3. The molecular formula is C10H11ClN6O. The molecule has 0 aliphatic rings. The van der Waals surface area contributed by atoms with E-state index in [0.717, 1.165) is 5.69 Å². The van der Waals surface area contributed by atoms with Gasteiger partial charge in [-0.05, 0) is 18.2 Å². The molecule has 0 spiro atoms. The Labute approximate surface area is 108 Å². The summed E-state index contributed by atoms with van der Waals surface area (Å²) in [7, 11) is 1.46. The van der Waals surface area contributed by atoms with Crippen LogP contribution in [0.15, 0.2) is 24.3 Å². The van der Waals surface area contributed by atoms with Crippen LogP contribution in [0.5, 0.6) is 6.01 Å². The molecule has 0 fully saturated rings. The molecule has 18 heavy (non-hydrogen) atoms. The third-order valence-electron chi connectivity index (χ3n) is 2.01. The summed E-state index contributed by atoms with van der Waals surface area (Å²) in [5.74, 6) is 5.76. The van der Waals surface area contributed by atoms with Gasteiger partial charge in [0.15, 0.2) is 0 Å². The molecule has 94 valence electrons. The highest BCUT2D eigenvalue weighted by Gasteiger charge is 2.06. The van der Waals surface area contributed by atoms with Gasteiger partial charge in [0.05, 0.1) is 7.11 Å². The highest BCUT2D eigenvalue weighted by atomic mass is 35.5. The Hall–Kier alpha value is -2.12. The normalized spacial score (nSPS) is 9.94. The lowest BCUT2D eigenvalue weighted by Crippen LogP contribution is -2.13. The van der Waals surface area contributed by atoms with Crippen LogP contribution in [0.2, 0.25) is 5.02 Å². The quantitative estimate of drug-likeness (QED) is 0.571. The molecule has 2 rings (SSSR count). The number of hydrogen-bond donors (Lipinski definition) is 3. The number of methoxy groups -OCH3 is 1. The SMILES string of the molecule is COc1nc(NN)nc(Nc2cccc(Cl)c2)n1. The summed E-state index contributed by atoms with van der Waals surface area (Å²) in [4.78, 5) is 11.9. The topological polar surface area (TPSA) is 98.0 Å². The zero-order valence-electron chi connectivity index (χ0n) is 9.51. The fraction of sp³-hybridized carbons (Fsp3) is 0.100. The first-order valence-corrected chi connectivity index (χ1v) is 5.38. The highest BCUT2D eigenvalue weighted by Crippen LogP contribution is 2.19. The third kappa shape index (κ3) is 2.96. The van der Waals surface area contributed by atoms with E-state index in [-0.39, 0.29) is 12.0 Å². The van der Waals surface area contributed by atoms with E-state index in [4.69, 9.17) is 22.2 Å². The van der Waals surface area contributed by atoms with Gasteiger partial charge in [0, 0.05) is 10.7 Å². The molecule has 2 aromatic rings. The summed E-state index contributed by atoms with van der Waals surface area (Å²) in [5.41, 5.74) is 3.08. The van der Waals surface area contributed by atoms with Gasteiger partial charge in [-0.1, -0.05) is 17.7 Å². The summed E-state index contributed by atoms with van der Waals surface area (Å²) >= 11 is 5.88. The first kappa shape index (κ1) is 12.3. The van der Waals surface area contributed by atoms with Crippen molar-refractivity contribution < 1.29 is 4.74 Å². The molecule has 0 bridgehead atoms. The van der Waals surface area contributed by atoms with Gasteiger partial charge in [-0.15, -0.1) is 0 Å². The van der Waals surface area contributed by atoms with Crippen LogP contribution in [-0.4, -0.2) is 22.1 Å². The second-order valence-corrected chi connectivity index (χ2v) is 3.69. The van der Waals surface area contributed by atoms with Crippen molar-refractivity contribution >= 4 is 29.2 Å². The number of nitrogens with one attached hydrogen (secondary N) is 2. The predicted molar refractivity (Wildman–Crippen MR) is 68.9 cm³/mol. The van der Waals surface area contributed by atoms with Crippen molar-refractivity contribution in [2.75, 3.05) is 17.9 Å². The molecule has 0 unspecified atom stereocenters. The smallest absolute Gasteiger partial charge is 0.322 e. The molecule has 0 saturated heterocycles. The first-order chi connectivity index (χ1) is 8.71. The lowest BCUT2D eigenvalue weighted by Gasteiger charge is -2.07. The van der Waals surface area contributed by atoms with Crippen molar-refractivity contribution in [3.05, 3.63) is 29.3 Å². The second kappa shape index (κ2) is 5.48. The Morgan fingerprint density at radius 3 is 2.67 bits per heavy atom. The fourth-order valence-corrected chi connectivity index (χ4v) is 1.45. The molecule has 0 amide bonds. The van der Waals surface area contributed by atoms with Crippen molar-refractivity contribution in [1.82, 2.24) is 15.0 Å². The molecular weight excluding hydrogens is 256 g/mol. The van der Waals surface area contributed by atoms with Crippen LogP contribution >= 0.6 is 11.6 Å². The van der Waals surface area contributed by atoms with Crippen molar-refractivity contribution in [3.8, 4) is 6.01 Å². The van der Waals surface area contributed by atoms with Crippen LogP contribution in [-0.2, 0) is 0 Å². The van der Waals surface area contributed by atoms with Crippen LogP contribution in [0.3, 0.4) is 0 Å². The molecule has 4 N–H and O–H groups in total. The van der Waals surface area contributed by atoms with E-state index in [2.05, 4.69) is 25.7 Å². The number of nitrogens with two attached hydrogens (primary N) is 1. The fourth-order valence-electron chi connectivity index (χ4n) is 1.26. The van der Waals surface area contributed by atoms with Gasteiger partial charge in [0.1, 0.15) is 0 Å². The first-order valence-electron chi connectivity index (χ1n) is 5.00. The van der Waals surface area contributed by atoms with Gasteiger partial charge in [-0.25, -0.2) is 5.84 Å². The molecule has 0 radical (unpaired) electrons. The molecule has 0 aliphatic heterocycles. The summed E-state index contributed by atoms with van der Waals surface area (Å²) in [6.45, 7) is 0. The minimum atomic E-state index is 0.155. The van der Waals surface area contributed by atoms with Crippen LogP contribution in [0.25, 0.3) is 0 Å². The van der Waals surface area contributed by atoms with E-state index < -0.39 is 0 Å². The van der Waals surface area contributed by atoms with Gasteiger partial charge in [-0.3, -0.25) is 5.43 Å². The lowest BCUT2D eigenvalue weighted by molar-refractivity contribution is 0.379. The summed E-state index contributed by atoms with van der Waals surface area (Å²) in [5, 5.41) is 3.58. The molecule has 0 saturated carbocycles. The van der Waals surface area contributed by atoms with Crippen molar-refractivity contribution in [1.29, 1.82) is 0 Å². The van der Waals surface area contributed by atoms with Crippen LogP contribution < -0.4 is 21.3 Å². The Kier molecular flexibility index (Phi) is 3.75. The van der Waals surface area contributed by atoms with Gasteiger partial charge in [-0.2, -0.15) is 15.0 Å². The van der Waals surface area contributed by atoms with Gasteiger partial charge in [0.25, 0.3) is 0 Å². The standard InChI is InChI=1S/C10H11ClN6O/c1-18-10-15-8(14-9(16-10)17-12)13-7-4-2-3-6(11)5-7/h2-5H,12H2,1H3,(H2,13,14,15,16,17). The van der Waals surface area contributed by atoms with Crippen LogP contribution in [0.4, 0.5) is 17.6 Å². The minimum absolute atomic E-state index is 0.155. The van der Waals surface area contributed by atoms with E-state index in [1.54, 1.807) is 12.1 Å². The Bertz CT molecular complexity index is 527. The maximum atomic E-state index is 5.88. The summed E-state index contributed by atoms with van der Waals surface area (Å²) < 4.78 is 4.93. The van der Waals surface area contributed by atoms with Gasteiger partial charge < -0.3 is 10.1 Å². The number of hydrogen-bond acceptors (Lipinski definition) is 7. The molecule has 1 aromatic heterocycles. The maximum absolute atomic E-state index is 5.88. The van der Waals surface area contributed by atoms with E-state index in [1.165, 1.54) is 7.11 Å². The number of anilines is 3. The summed E-state index contributed by atoms with van der Waals surface area (Å²) in [6, 6.07) is 7.31. The van der Waals surface area contributed by atoms with Crippen LogP contribution in [0, 0.1) is 0 Å². The average molecular weight is 267 g/mol. The number of benzene rings is 1. The average Bonchev–Trinajstić information content (AvgIpc) is 2.38. The molecule has 0 atom stereocenters. The monoisotopic (exact) mass is 266 g/mol. The van der Waals surface area contributed by atoms with Crippen LogP contribution in [0.1, 0.15) is 0 Å². The largest absolute Gasteiger partial charge is 0.467 e. The Balaban J connectivity index is 2.28. The Morgan fingerprint density at radius 1 is 1.22 bits per heavy atom. The minimum Gasteiger partial charge on any atom is -0.467 e. The predicted octanol–water partition coefficient (Wildman–Crippen LogP) is 1.56. The van der Waals surface area contributed by atoms with Gasteiger partial charge in [0.2, 0.25) is 11.9 Å². The Morgan fingerprint density at radius 2 is 2.00 bits per heavy atom.